The fourth-order valence-corrected chi connectivity index (χ4v) is 7.65. The summed E-state index contributed by atoms with van der Waals surface area (Å²) in [6.07, 6.45) is 1.98. The predicted molar refractivity (Wildman–Crippen MR) is 189 cm³/mol. The van der Waals surface area contributed by atoms with Crippen LogP contribution >= 0.6 is 0 Å². The number of rotatable bonds is 5. The molecule has 2 amide bonds. The maximum Gasteiger partial charge on any atom is 0.410 e. The van der Waals surface area contributed by atoms with Gasteiger partial charge in [0.05, 0.1) is 4.90 Å². The lowest BCUT2D eigenvalue weighted by Gasteiger charge is -2.32. The van der Waals surface area contributed by atoms with Gasteiger partial charge < -0.3 is 19.5 Å². The van der Waals surface area contributed by atoms with Gasteiger partial charge in [-0.1, -0.05) is 24.3 Å². The monoisotopic (exact) mass is 679 g/mol. The van der Waals surface area contributed by atoms with Gasteiger partial charge in [-0.3, -0.25) is 4.79 Å². The van der Waals surface area contributed by atoms with Crippen molar-refractivity contribution < 1.29 is 22.7 Å². The number of sulfone groups is 1. The van der Waals surface area contributed by atoms with Gasteiger partial charge in [-0.25, -0.2) is 23.2 Å². The first kappa shape index (κ1) is 33.9. The van der Waals surface area contributed by atoms with Crippen LogP contribution in [0.15, 0.2) is 70.7 Å². The highest BCUT2D eigenvalue weighted by atomic mass is 32.2. The minimum absolute atomic E-state index is 0.0898. The Bertz CT molecular complexity index is 2250. The van der Waals surface area contributed by atoms with Crippen molar-refractivity contribution in [2.75, 3.05) is 20.6 Å². The minimum atomic E-state index is -4.09. The average Bonchev–Trinajstić information content (AvgIpc) is 3.46. The molecule has 11 heteroatoms. The molecule has 10 nitrogen and oxygen atoms in total. The van der Waals surface area contributed by atoms with Crippen LogP contribution in [-0.4, -0.2) is 71.4 Å². The molecule has 0 fully saturated rings. The maximum atomic E-state index is 14.3. The molecule has 0 aliphatic carbocycles. The van der Waals surface area contributed by atoms with E-state index in [1.807, 2.05) is 71.9 Å². The van der Waals surface area contributed by atoms with Crippen LogP contribution in [0.4, 0.5) is 4.79 Å². The Morgan fingerprint density at radius 3 is 2.35 bits per heavy atom. The van der Waals surface area contributed by atoms with Crippen molar-refractivity contribution in [2.45, 2.75) is 70.0 Å². The zero-order chi connectivity index (χ0) is 35.4. The highest BCUT2D eigenvalue weighted by Gasteiger charge is 2.30. The van der Waals surface area contributed by atoms with E-state index >= 15 is 0 Å². The predicted octanol–water partition coefficient (Wildman–Crippen LogP) is 7.04. The van der Waals surface area contributed by atoms with E-state index in [4.69, 9.17) is 14.7 Å². The molecule has 1 N–H and O–H groups in total. The van der Waals surface area contributed by atoms with E-state index in [0.717, 1.165) is 38.9 Å². The largest absolute Gasteiger partial charge is 0.444 e. The Balaban J connectivity index is 1.51. The van der Waals surface area contributed by atoms with Crippen molar-refractivity contribution in [2.24, 2.45) is 0 Å². The molecule has 1 aliphatic rings. The zero-order valence-electron chi connectivity index (χ0n) is 29.1. The highest BCUT2D eigenvalue weighted by molar-refractivity contribution is 7.91. The number of H-pyrrole nitrogens is 1. The van der Waals surface area contributed by atoms with E-state index in [2.05, 4.69) is 4.98 Å². The second-order valence-electron chi connectivity index (χ2n) is 13.9. The van der Waals surface area contributed by atoms with Gasteiger partial charge >= 0.3 is 6.09 Å². The molecule has 0 saturated carbocycles. The summed E-state index contributed by atoms with van der Waals surface area (Å²) >= 11 is 0. The van der Waals surface area contributed by atoms with Crippen LogP contribution in [0.1, 0.15) is 58.9 Å². The van der Waals surface area contributed by atoms with Crippen LogP contribution in [0.3, 0.4) is 0 Å². The molecule has 6 rings (SSSR count). The van der Waals surface area contributed by atoms with Gasteiger partial charge in [-0.15, -0.1) is 0 Å². The molecule has 1 aliphatic heterocycles. The molecule has 0 saturated heterocycles. The van der Waals surface area contributed by atoms with Gasteiger partial charge in [0.1, 0.15) is 16.8 Å². The van der Waals surface area contributed by atoms with Crippen LogP contribution in [0.2, 0.25) is 0 Å². The summed E-state index contributed by atoms with van der Waals surface area (Å²) in [5, 5.41) is -0.146. The average molecular weight is 680 g/mol. The minimum Gasteiger partial charge on any atom is -0.444 e. The van der Waals surface area contributed by atoms with Crippen molar-refractivity contribution >= 4 is 33.0 Å². The van der Waals surface area contributed by atoms with E-state index in [1.54, 1.807) is 49.5 Å². The van der Waals surface area contributed by atoms with Crippen LogP contribution in [0.25, 0.3) is 33.5 Å². The van der Waals surface area contributed by atoms with Gasteiger partial charge in [0.2, 0.25) is 9.84 Å². The summed E-state index contributed by atoms with van der Waals surface area (Å²) in [6, 6.07) is 16.2. The highest BCUT2D eigenvalue weighted by Crippen LogP contribution is 2.37. The summed E-state index contributed by atoms with van der Waals surface area (Å²) < 4.78 is 34.2. The SMILES string of the molecule is Cc1cccc(S(=O)(=O)c2nc3[nH]cc(-c4ccc(C(=O)N(C)C)c(C)c4)c3nc2-c2cc(C)c3c(c2)CCN(C(=O)OC(C)(C)C)C3)c1. The molecule has 0 unspecified atom stereocenters. The number of hydrogen-bond donors (Lipinski definition) is 1. The normalized spacial score (nSPS) is 13.3. The summed E-state index contributed by atoms with van der Waals surface area (Å²) in [5.41, 5.74) is 7.80. The maximum absolute atomic E-state index is 14.3. The molecule has 49 heavy (non-hydrogen) atoms. The third kappa shape index (κ3) is 6.55. The number of hydrogen-bond acceptors (Lipinski definition) is 7. The smallest absolute Gasteiger partial charge is 0.410 e. The third-order valence-electron chi connectivity index (χ3n) is 8.69. The number of ether oxygens (including phenoxy) is 1. The molecular weight excluding hydrogens is 639 g/mol. The molecular formula is C38H41N5O5S. The second kappa shape index (κ2) is 12.5. The van der Waals surface area contributed by atoms with Crippen LogP contribution < -0.4 is 0 Å². The van der Waals surface area contributed by atoms with Crippen molar-refractivity contribution in [3.8, 4) is 22.4 Å². The van der Waals surface area contributed by atoms with E-state index in [0.29, 0.717) is 41.8 Å². The molecule has 254 valence electrons. The summed E-state index contributed by atoms with van der Waals surface area (Å²) in [7, 11) is -0.661. The summed E-state index contributed by atoms with van der Waals surface area (Å²) in [6.45, 7) is 12.1. The Hall–Kier alpha value is -5.03. The first-order valence-electron chi connectivity index (χ1n) is 16.2. The van der Waals surface area contributed by atoms with E-state index in [-0.39, 0.29) is 27.6 Å². The molecule has 3 heterocycles. The van der Waals surface area contributed by atoms with Gasteiger partial charge in [-0.05, 0) is 112 Å². The quantitative estimate of drug-likeness (QED) is 0.211. The lowest BCUT2D eigenvalue weighted by Crippen LogP contribution is -2.40. The molecule has 5 aromatic rings. The van der Waals surface area contributed by atoms with Gasteiger partial charge in [0.25, 0.3) is 5.91 Å². The Labute approximate surface area is 287 Å². The number of carbonyl (C=O) groups excluding carboxylic acids is 2. The van der Waals surface area contributed by atoms with Gasteiger partial charge in [-0.2, -0.15) is 0 Å². The van der Waals surface area contributed by atoms with Crippen molar-refractivity contribution in [3.63, 3.8) is 0 Å². The Morgan fingerprint density at radius 1 is 0.939 bits per heavy atom. The molecule has 3 aromatic carbocycles. The Kier molecular flexibility index (Phi) is 8.60. The molecule has 0 bridgehead atoms. The molecule has 0 atom stereocenters. The fourth-order valence-electron chi connectivity index (χ4n) is 6.20. The standard InChI is InChI=1S/C38H41N5O5S/c1-22-10-9-11-28(16-22)49(46,47)35-32(27-18-24(3)31-21-43(15-14-26(31)19-27)37(45)48-38(4,5)6)40-33-30(20-39-34(33)41-35)25-12-13-29(23(2)17-25)36(44)42(7)8/h9-13,16-20H,14-15,21H2,1-8H3,(H,39,41). The summed E-state index contributed by atoms with van der Waals surface area (Å²) in [4.78, 5) is 41.9. The number of nitrogens with one attached hydrogen (secondary N) is 1. The number of aryl methyl sites for hydroxylation is 3. The third-order valence-corrected chi connectivity index (χ3v) is 10.4. The van der Waals surface area contributed by atoms with E-state index in [1.165, 1.54) is 4.90 Å². The van der Waals surface area contributed by atoms with Crippen LogP contribution in [0, 0.1) is 20.8 Å². The summed E-state index contributed by atoms with van der Waals surface area (Å²) in [5.74, 6) is -0.0898. The molecule has 0 spiro atoms. The zero-order valence-corrected chi connectivity index (χ0v) is 29.9. The van der Waals surface area contributed by atoms with Crippen LogP contribution in [-0.2, 0) is 27.5 Å². The number of amides is 2. The number of nitrogens with zero attached hydrogens (tertiary/aromatic N) is 4. The topological polar surface area (TPSA) is 126 Å². The number of aromatic nitrogens is 3. The number of fused-ring (bicyclic) bond motifs is 2. The van der Waals surface area contributed by atoms with Crippen molar-refractivity contribution in [1.82, 2.24) is 24.8 Å². The van der Waals surface area contributed by atoms with Gasteiger partial charge in [0.15, 0.2) is 10.7 Å². The van der Waals surface area contributed by atoms with Crippen molar-refractivity contribution in [1.29, 1.82) is 0 Å². The second-order valence-corrected chi connectivity index (χ2v) is 15.8. The van der Waals surface area contributed by atoms with Crippen molar-refractivity contribution in [3.05, 3.63) is 94.2 Å². The Morgan fingerprint density at radius 2 is 1.67 bits per heavy atom. The van der Waals surface area contributed by atoms with Crippen LogP contribution in [0.5, 0.6) is 0 Å². The number of aromatic amines is 1. The van der Waals surface area contributed by atoms with E-state index in [9.17, 15) is 18.0 Å². The number of carbonyl (C=O) groups is 2. The van der Waals surface area contributed by atoms with E-state index < -0.39 is 15.4 Å². The first-order valence-corrected chi connectivity index (χ1v) is 17.7. The number of benzene rings is 3. The first-order chi connectivity index (χ1) is 23.0. The fraction of sp³-hybridized carbons (Fsp3) is 0.316. The lowest BCUT2D eigenvalue weighted by atomic mass is 9.92. The molecule has 2 aromatic heterocycles. The lowest BCUT2D eigenvalue weighted by molar-refractivity contribution is 0.0223. The molecule has 0 radical (unpaired) electrons. The van der Waals surface area contributed by atoms with Gasteiger partial charge in [0, 0.05) is 50.1 Å².